The van der Waals surface area contributed by atoms with E-state index in [1.54, 1.807) is 6.20 Å². The van der Waals surface area contributed by atoms with Crippen LogP contribution in [0.25, 0.3) is 22.3 Å². The number of hydrogen-bond acceptors (Lipinski definition) is 11. The normalized spacial score (nSPS) is 15.5. The number of unbranched alkanes of at least 4 members (excludes halogenated alkanes) is 4. The van der Waals surface area contributed by atoms with E-state index < -0.39 is 21.7 Å². The first-order chi connectivity index (χ1) is 43.7. The molecule has 8 bridgehead atoms. The van der Waals surface area contributed by atoms with Gasteiger partial charge < -0.3 is 30.6 Å². The monoisotopic (exact) mass is 1230 g/mol. The lowest BCUT2D eigenvalue weighted by Crippen LogP contribution is -2.28. The first-order valence-electron chi connectivity index (χ1n) is 31.6. The molecule has 6 heterocycles. The van der Waals surface area contributed by atoms with Gasteiger partial charge in [0.25, 0.3) is 0 Å². The molecule has 4 aromatic carbocycles. The summed E-state index contributed by atoms with van der Waals surface area (Å²) in [7, 11) is 0. The summed E-state index contributed by atoms with van der Waals surface area (Å²) in [6.45, 7) is 23.0. The molecule has 5 aromatic rings. The maximum Gasteiger partial charge on any atom is 0.306 e. The number of para-hydroxylation sites is 4. The number of aliphatic imine (C=N–C) groups is 4. The van der Waals surface area contributed by atoms with E-state index >= 15 is 0 Å². The largest absolute Gasteiger partial charge is 0.461 e. The van der Waals surface area contributed by atoms with Crippen molar-refractivity contribution < 1.29 is 28.7 Å². The van der Waals surface area contributed by atoms with Crippen molar-refractivity contribution in [3.05, 3.63) is 209 Å². The molecule has 5 aliphatic heterocycles. The van der Waals surface area contributed by atoms with E-state index in [0.717, 1.165) is 32.2 Å². The van der Waals surface area contributed by atoms with Gasteiger partial charge in [-0.05, 0) is 79.6 Å². The van der Waals surface area contributed by atoms with Crippen LogP contribution in [0.2, 0.25) is 0 Å². The van der Waals surface area contributed by atoms with Crippen LogP contribution in [0.15, 0.2) is 207 Å². The number of amides is 4. The lowest BCUT2D eigenvalue weighted by Gasteiger charge is -2.21. The second kappa shape index (κ2) is 26.9. The molecule has 0 radical (unpaired) electrons. The first-order valence-corrected chi connectivity index (χ1v) is 31.6. The summed E-state index contributed by atoms with van der Waals surface area (Å²) in [6, 6.07) is 30.2. The molecule has 1 aromatic heterocycles. The Labute approximate surface area is 539 Å². The zero-order valence-corrected chi connectivity index (χ0v) is 54.8. The standard InChI is InChI=1S/C76H82N10O6/c1-73(2,3)69(88)82-52-30-21-17-26-48(52)64-56-35-36-57(78-56)65(49-27-18-22-31-53(49)83-70(89)74(4,5)6)59-39-40-61(80-59)67(51-29-20-24-33-55(51)85-72(91)76(10,11)12)68-47(45-92-63(87)34-16-14-13-15-25-42-86-43-41-77-46-86)44-62(81-68)66(60-38-37-58(64)79-60)50-28-19-23-32-54(50)84-71(90)75(7,8)9/h17-24,26-33,35-41,43-44,46H,13-16,25,34,42,45H2,1-12H3,(H,82,88)(H,83,89)(H,84,90)(H,85,91). The zero-order chi connectivity index (χ0) is 65.7. The van der Waals surface area contributed by atoms with Crippen LogP contribution >= 0.6 is 0 Å². The Balaban J connectivity index is 1.25. The summed E-state index contributed by atoms with van der Waals surface area (Å²) >= 11 is 0. The van der Waals surface area contributed by atoms with Crippen LogP contribution in [0.4, 0.5) is 22.7 Å². The number of benzene rings is 4. The second-order valence-corrected chi connectivity index (χ2v) is 27.6. The Kier molecular flexibility index (Phi) is 19.0. The van der Waals surface area contributed by atoms with E-state index in [4.69, 9.17) is 24.7 Å². The number of hydrogen-bond donors (Lipinski definition) is 4. The molecular weight excluding hydrogens is 1150 g/mol. The molecule has 16 nitrogen and oxygen atoms in total. The molecule has 472 valence electrons. The van der Waals surface area contributed by atoms with Crippen molar-refractivity contribution >= 4 is 97.5 Å². The van der Waals surface area contributed by atoms with Crippen LogP contribution < -0.4 is 21.3 Å². The van der Waals surface area contributed by atoms with Gasteiger partial charge in [-0.25, -0.2) is 25.0 Å². The van der Waals surface area contributed by atoms with Crippen LogP contribution in [0.5, 0.6) is 0 Å². The van der Waals surface area contributed by atoms with E-state index in [-0.39, 0.29) is 42.6 Å². The molecule has 4 N–H and O–H groups in total. The highest BCUT2D eigenvalue weighted by molar-refractivity contribution is 6.41. The number of allylic oxidation sites excluding steroid dienone is 11. The Morgan fingerprint density at radius 1 is 0.424 bits per heavy atom. The van der Waals surface area contributed by atoms with E-state index in [1.807, 2.05) is 235 Å². The fourth-order valence-corrected chi connectivity index (χ4v) is 10.7. The van der Waals surface area contributed by atoms with Gasteiger partial charge in [-0.1, -0.05) is 175 Å². The fraction of sp³-hybridized carbons (Fsp3) is 0.316. The molecule has 92 heavy (non-hydrogen) atoms. The average Bonchev–Trinajstić information content (AvgIpc) is 1.59. The number of aryl methyl sites for hydroxylation is 1. The third-order valence-corrected chi connectivity index (χ3v) is 16.0. The third-order valence-electron chi connectivity index (χ3n) is 16.0. The number of rotatable bonds is 18. The minimum Gasteiger partial charge on any atom is -0.461 e. The summed E-state index contributed by atoms with van der Waals surface area (Å²) in [5, 5.41) is 12.9. The van der Waals surface area contributed by atoms with Gasteiger partial charge in [0, 0.05) is 120 Å². The van der Waals surface area contributed by atoms with Crippen LogP contribution in [0.1, 0.15) is 144 Å². The van der Waals surface area contributed by atoms with Crippen molar-refractivity contribution in [2.75, 3.05) is 27.9 Å². The molecule has 0 unspecified atom stereocenters. The highest BCUT2D eigenvalue weighted by atomic mass is 16.5. The lowest BCUT2D eigenvalue weighted by molar-refractivity contribution is -0.142. The van der Waals surface area contributed by atoms with E-state index in [2.05, 4.69) is 30.8 Å². The van der Waals surface area contributed by atoms with Crippen molar-refractivity contribution in [2.24, 2.45) is 41.6 Å². The van der Waals surface area contributed by atoms with Crippen molar-refractivity contribution in [2.45, 2.75) is 128 Å². The topological polar surface area (TPSA) is 210 Å². The van der Waals surface area contributed by atoms with Gasteiger partial charge in [0.05, 0.1) is 52.0 Å². The Hall–Kier alpha value is -9.96. The smallest absolute Gasteiger partial charge is 0.306 e. The number of carbonyl (C=O) groups is 5. The molecule has 4 amide bonds. The number of carbonyl (C=O) groups excluding carboxylic acids is 5. The van der Waals surface area contributed by atoms with Crippen molar-refractivity contribution in [1.29, 1.82) is 0 Å². The van der Waals surface area contributed by atoms with Crippen molar-refractivity contribution in [3.8, 4) is 0 Å². The summed E-state index contributed by atoms with van der Waals surface area (Å²) in [6.07, 6.45) is 23.7. The molecule has 16 heteroatoms. The summed E-state index contributed by atoms with van der Waals surface area (Å²) < 4.78 is 8.39. The molecule has 0 saturated carbocycles. The molecule has 0 aliphatic carbocycles. The van der Waals surface area contributed by atoms with Gasteiger partial charge in [-0.3, -0.25) is 24.0 Å². The summed E-state index contributed by atoms with van der Waals surface area (Å²) in [5.41, 5.74) is 8.07. The minimum absolute atomic E-state index is 0.192. The molecule has 5 aliphatic rings. The number of fused-ring (bicyclic) bond motifs is 4. The van der Waals surface area contributed by atoms with Crippen molar-refractivity contribution in [1.82, 2.24) is 9.55 Å². The number of ether oxygens (including phenoxy) is 1. The molecule has 0 atom stereocenters. The average molecular weight is 1230 g/mol. The van der Waals surface area contributed by atoms with E-state index in [0.29, 0.717) is 125 Å². The van der Waals surface area contributed by atoms with E-state index in [9.17, 15) is 24.0 Å². The van der Waals surface area contributed by atoms with Crippen LogP contribution in [0, 0.1) is 21.7 Å². The predicted molar refractivity (Wildman–Crippen MR) is 372 cm³/mol. The van der Waals surface area contributed by atoms with Gasteiger partial charge in [-0.15, -0.1) is 0 Å². The number of esters is 1. The van der Waals surface area contributed by atoms with Gasteiger partial charge in [-0.2, -0.15) is 0 Å². The fourth-order valence-electron chi connectivity index (χ4n) is 10.7. The number of imidazole rings is 1. The highest BCUT2D eigenvalue weighted by Crippen LogP contribution is 2.44. The molecule has 0 fully saturated rings. The van der Waals surface area contributed by atoms with Gasteiger partial charge >= 0.3 is 5.97 Å². The summed E-state index contributed by atoms with van der Waals surface area (Å²) in [4.78, 5) is 96.9. The predicted octanol–water partition coefficient (Wildman–Crippen LogP) is 15.8. The Morgan fingerprint density at radius 3 is 1.17 bits per heavy atom. The van der Waals surface area contributed by atoms with Gasteiger partial charge in [0.15, 0.2) is 0 Å². The Bertz CT molecular complexity index is 4200. The molecule has 0 saturated heterocycles. The third kappa shape index (κ3) is 14.9. The Morgan fingerprint density at radius 2 is 0.783 bits per heavy atom. The van der Waals surface area contributed by atoms with E-state index in [1.165, 1.54) is 0 Å². The highest BCUT2D eigenvalue weighted by Gasteiger charge is 2.35. The maximum absolute atomic E-state index is 14.2. The van der Waals surface area contributed by atoms with Crippen LogP contribution in [0.3, 0.4) is 0 Å². The zero-order valence-electron chi connectivity index (χ0n) is 54.8. The van der Waals surface area contributed by atoms with Gasteiger partial charge in [0.1, 0.15) is 6.61 Å². The molecule has 10 rings (SSSR count). The van der Waals surface area contributed by atoms with Crippen LogP contribution in [-0.2, 0) is 35.3 Å². The number of nitrogens with zero attached hydrogens (tertiary/aromatic N) is 6. The minimum atomic E-state index is -0.786. The second-order valence-electron chi connectivity index (χ2n) is 27.6. The lowest BCUT2D eigenvalue weighted by atomic mass is 9.92. The van der Waals surface area contributed by atoms with Gasteiger partial charge in [0.2, 0.25) is 23.6 Å². The molecule has 0 spiro atoms. The number of aromatic nitrogens is 2. The molecular formula is C76H82N10O6. The first kappa shape index (κ1) is 65.0. The van der Waals surface area contributed by atoms with Crippen LogP contribution in [-0.4, -0.2) is 68.6 Å². The SMILES string of the molecule is CC(C)(C)C(=O)Nc1ccccc1C1=C2C=CC(=N2)C(c2ccccc2NC(=O)C(C)(C)C)=C2C=CC(=N2)C(c2ccccc2NC(=O)C(C)(C)C)=C2N=C(C=C2COC(=O)CCCCCCCn2ccnc2)C(c2ccccc2NC(=O)C(C)(C)C)=C2C=CC1=N2. The summed E-state index contributed by atoms with van der Waals surface area (Å²) in [5.74, 6) is -1.20. The quantitative estimate of drug-likeness (QED) is 0.0492. The maximum atomic E-state index is 14.2. The van der Waals surface area contributed by atoms with Crippen molar-refractivity contribution in [3.63, 3.8) is 0 Å². The number of anilines is 4. The number of nitrogens with one attached hydrogen (secondary N) is 4.